The number of β-lactam (4-membered cyclic amide) rings is 1. The van der Waals surface area contributed by atoms with E-state index in [4.69, 9.17) is 4.74 Å². The molecule has 1 aromatic rings. The lowest BCUT2D eigenvalue weighted by molar-refractivity contribution is -0.384. The van der Waals surface area contributed by atoms with Crippen molar-refractivity contribution in [2.75, 3.05) is 18.1 Å². The van der Waals surface area contributed by atoms with E-state index >= 15 is 0 Å². The maximum atomic E-state index is 12.4. The Morgan fingerprint density at radius 3 is 2.61 bits per heavy atom. The molecule has 178 valence electrons. The highest BCUT2D eigenvalue weighted by atomic mass is 32.2. The summed E-state index contributed by atoms with van der Waals surface area (Å²) in [4.78, 5) is 46.9. The van der Waals surface area contributed by atoms with Crippen LogP contribution < -0.4 is 5.32 Å². The van der Waals surface area contributed by atoms with Crippen molar-refractivity contribution in [1.29, 1.82) is 0 Å². The van der Waals surface area contributed by atoms with Gasteiger partial charge < -0.3 is 29.7 Å². The summed E-state index contributed by atoms with van der Waals surface area (Å²) >= 11 is -1.50. The Labute approximate surface area is 191 Å². The van der Waals surface area contributed by atoms with E-state index in [0.29, 0.717) is 11.1 Å². The zero-order chi connectivity index (χ0) is 24.3. The number of aliphatic carboxylic acids is 1. The number of fused-ring (bicyclic) bond motifs is 1. The Bertz CT molecular complexity index is 979. The van der Waals surface area contributed by atoms with Crippen molar-refractivity contribution in [1.82, 2.24) is 10.2 Å². The van der Waals surface area contributed by atoms with Gasteiger partial charge in [-0.3, -0.25) is 14.9 Å². The molecule has 0 aliphatic carbocycles. The van der Waals surface area contributed by atoms with Crippen LogP contribution in [0.1, 0.15) is 18.9 Å². The van der Waals surface area contributed by atoms with Gasteiger partial charge in [-0.2, -0.15) is 0 Å². The summed E-state index contributed by atoms with van der Waals surface area (Å²) in [5.74, 6) is -2.42. The van der Waals surface area contributed by atoms with E-state index in [-0.39, 0.29) is 42.5 Å². The third-order valence-electron chi connectivity index (χ3n) is 5.47. The zero-order valence-electron chi connectivity index (χ0n) is 17.6. The number of nitro groups is 1. The quantitative estimate of drug-likeness (QED) is 0.186. The molecule has 0 saturated carbocycles. The molecule has 12 nitrogen and oxygen atoms in total. The van der Waals surface area contributed by atoms with Gasteiger partial charge in [-0.15, -0.1) is 0 Å². The number of carboxylic acids is 1. The molecule has 3 N–H and O–H groups in total. The molecule has 1 fully saturated rings. The maximum absolute atomic E-state index is 12.4. The van der Waals surface area contributed by atoms with Crippen LogP contribution in [0.25, 0.3) is 0 Å². The predicted molar refractivity (Wildman–Crippen MR) is 114 cm³/mol. The van der Waals surface area contributed by atoms with Gasteiger partial charge in [-0.05, 0) is 42.2 Å². The van der Waals surface area contributed by atoms with Gasteiger partial charge in [0.05, 0.1) is 29.5 Å². The number of rotatable bonds is 10. The number of benzene rings is 1. The standard InChI is InChI=1S/C20H23N3O9S/c1-11(24)16-15-8-13(17(19(26)27)22(15)18(16)25)10-33(31)7-6-21-20(28)32-9-12-2-4-14(5-3-12)23(29)30/h2-5,11,15-16,24H,6-10H2,1H3,(H,21,28)(H,26,27)/t11-,15-,16-,33?/m1/s1. The van der Waals surface area contributed by atoms with Crippen molar-refractivity contribution < 1.29 is 38.8 Å². The molecule has 4 atom stereocenters. The van der Waals surface area contributed by atoms with Crippen LogP contribution in [0, 0.1) is 16.0 Å². The van der Waals surface area contributed by atoms with Crippen molar-refractivity contribution in [3.8, 4) is 0 Å². The molecule has 3 rings (SSSR count). The highest BCUT2D eigenvalue weighted by Gasteiger charge is 2.57. The normalized spacial score (nSPS) is 21.2. The number of carbonyl (C=O) groups excluding carboxylic acids is 2. The van der Waals surface area contributed by atoms with E-state index in [9.17, 15) is 39.3 Å². The molecule has 1 unspecified atom stereocenters. The Morgan fingerprint density at radius 2 is 2.03 bits per heavy atom. The Balaban J connectivity index is 1.44. The molecule has 2 amide bonds. The van der Waals surface area contributed by atoms with Crippen LogP contribution >= 0.6 is 0 Å². The van der Waals surface area contributed by atoms with Crippen LogP contribution in [-0.2, 0) is 32.1 Å². The smallest absolute Gasteiger partial charge is 0.407 e. The molecule has 2 heterocycles. The number of ether oxygens (including phenoxy) is 1. The number of alkyl carbamates (subject to hydrolysis) is 1. The van der Waals surface area contributed by atoms with Crippen LogP contribution in [0.5, 0.6) is 0 Å². The van der Waals surface area contributed by atoms with Gasteiger partial charge in [-0.25, -0.2) is 9.59 Å². The van der Waals surface area contributed by atoms with Crippen molar-refractivity contribution >= 4 is 34.8 Å². The van der Waals surface area contributed by atoms with Crippen molar-refractivity contribution in [2.24, 2.45) is 5.92 Å². The van der Waals surface area contributed by atoms with Crippen molar-refractivity contribution in [2.45, 2.75) is 32.1 Å². The Kier molecular flexibility index (Phi) is 7.56. The van der Waals surface area contributed by atoms with Crippen LogP contribution in [0.4, 0.5) is 10.5 Å². The number of amides is 2. The molecule has 2 aliphatic rings. The number of non-ortho nitro benzene ring substituents is 1. The molecule has 13 heteroatoms. The topological polar surface area (TPSA) is 182 Å². The third kappa shape index (κ3) is 5.43. The molecule has 0 spiro atoms. The van der Waals surface area contributed by atoms with E-state index < -0.39 is 52.1 Å². The first-order valence-corrected chi connectivity index (χ1v) is 11.5. The van der Waals surface area contributed by atoms with Crippen LogP contribution in [0.15, 0.2) is 35.5 Å². The summed E-state index contributed by atoms with van der Waals surface area (Å²) in [5.41, 5.74) is 0.682. The largest absolute Gasteiger partial charge is 0.616 e. The SMILES string of the molecule is C[C@@H](O)[C@H]1C(=O)N2C(C(=O)O)=C(C[S+]([O-])CCNC(=O)OCc3ccc([N+](=O)[O-])cc3)C[C@H]12. The fraction of sp³-hybridized carbons (Fsp3) is 0.450. The highest BCUT2D eigenvalue weighted by Crippen LogP contribution is 2.43. The van der Waals surface area contributed by atoms with Gasteiger partial charge in [0.1, 0.15) is 23.8 Å². The number of carboxylic acid groups (broad SMARTS) is 1. The number of hydrogen-bond donors (Lipinski definition) is 3. The number of hydrogen-bond acceptors (Lipinski definition) is 8. The lowest BCUT2D eigenvalue weighted by Crippen LogP contribution is -2.61. The number of aliphatic hydroxyl groups excluding tert-OH is 1. The maximum Gasteiger partial charge on any atom is 0.407 e. The van der Waals surface area contributed by atoms with E-state index in [1.165, 1.54) is 31.2 Å². The number of nitrogens with zero attached hydrogens (tertiary/aromatic N) is 2. The summed E-state index contributed by atoms with van der Waals surface area (Å²) in [6.45, 7) is 1.39. The van der Waals surface area contributed by atoms with E-state index in [1.807, 2.05) is 0 Å². The van der Waals surface area contributed by atoms with E-state index in [2.05, 4.69) is 5.32 Å². The molecule has 0 aromatic heterocycles. The fourth-order valence-electron chi connectivity index (χ4n) is 3.94. The minimum absolute atomic E-state index is 0.0176. The fourth-order valence-corrected chi connectivity index (χ4v) is 5.05. The van der Waals surface area contributed by atoms with E-state index in [1.54, 1.807) is 0 Å². The summed E-state index contributed by atoms with van der Waals surface area (Å²) in [7, 11) is 0. The second-order valence-corrected chi connectivity index (χ2v) is 9.29. The Morgan fingerprint density at radius 1 is 1.36 bits per heavy atom. The molecular weight excluding hydrogens is 458 g/mol. The third-order valence-corrected chi connectivity index (χ3v) is 6.80. The molecule has 1 saturated heterocycles. The lowest BCUT2D eigenvalue weighted by Gasteiger charge is -2.44. The van der Waals surface area contributed by atoms with Crippen molar-refractivity contribution in [3.05, 3.63) is 51.2 Å². The summed E-state index contributed by atoms with van der Waals surface area (Å²) in [5, 5.41) is 32.3. The Hall–Kier alpha value is -3.16. The minimum atomic E-state index is -1.50. The zero-order valence-corrected chi connectivity index (χ0v) is 18.4. The number of nitrogens with one attached hydrogen (secondary N) is 1. The van der Waals surface area contributed by atoms with Crippen LogP contribution in [-0.4, -0.2) is 72.8 Å². The summed E-state index contributed by atoms with van der Waals surface area (Å²) < 4.78 is 17.4. The number of carbonyl (C=O) groups is 3. The van der Waals surface area contributed by atoms with Gasteiger partial charge >= 0.3 is 12.1 Å². The van der Waals surface area contributed by atoms with Gasteiger partial charge in [0.25, 0.3) is 5.69 Å². The summed E-state index contributed by atoms with van der Waals surface area (Å²) in [6, 6.07) is 5.08. The number of nitro benzene ring substituents is 1. The lowest BCUT2D eigenvalue weighted by atomic mass is 9.83. The number of aliphatic hydroxyl groups is 1. The summed E-state index contributed by atoms with van der Waals surface area (Å²) in [6.07, 6.45) is -1.43. The molecule has 0 bridgehead atoms. The first kappa shape index (κ1) is 24.5. The van der Waals surface area contributed by atoms with E-state index in [0.717, 1.165) is 4.90 Å². The van der Waals surface area contributed by atoms with Crippen LogP contribution in [0.2, 0.25) is 0 Å². The van der Waals surface area contributed by atoms with Gasteiger partial charge in [0, 0.05) is 17.7 Å². The van der Waals surface area contributed by atoms with Crippen molar-refractivity contribution in [3.63, 3.8) is 0 Å². The van der Waals surface area contributed by atoms with Crippen LogP contribution in [0.3, 0.4) is 0 Å². The second-order valence-electron chi connectivity index (χ2n) is 7.72. The van der Waals surface area contributed by atoms with Gasteiger partial charge in [0.2, 0.25) is 5.91 Å². The average molecular weight is 481 g/mol. The monoisotopic (exact) mass is 481 g/mol. The average Bonchev–Trinajstić information content (AvgIpc) is 3.06. The molecule has 1 aromatic carbocycles. The molecule has 33 heavy (non-hydrogen) atoms. The van der Waals surface area contributed by atoms with Gasteiger partial charge in [-0.1, -0.05) is 0 Å². The van der Waals surface area contributed by atoms with Gasteiger partial charge in [0.15, 0.2) is 0 Å². The first-order valence-electron chi connectivity index (χ1n) is 10.1. The molecule has 2 aliphatic heterocycles. The first-order chi connectivity index (χ1) is 15.6. The molecule has 0 radical (unpaired) electrons. The predicted octanol–water partition coefficient (Wildman–Crippen LogP) is 0.520. The highest BCUT2D eigenvalue weighted by molar-refractivity contribution is 7.91. The minimum Gasteiger partial charge on any atom is -0.616 e. The second kappa shape index (κ2) is 10.2. The molecular formula is C20H23N3O9S.